The first-order valence-electron chi connectivity index (χ1n) is 8.96. The van der Waals surface area contributed by atoms with Crippen molar-refractivity contribution in [1.82, 2.24) is 9.13 Å². The van der Waals surface area contributed by atoms with Crippen LogP contribution in [-0.4, -0.2) is 33.0 Å². The predicted molar refractivity (Wildman–Crippen MR) is 102 cm³/mol. The van der Waals surface area contributed by atoms with Crippen LogP contribution < -0.4 is 11.2 Å². The second-order valence-corrected chi connectivity index (χ2v) is 7.23. The molecule has 144 valence electrons. The number of allylic oxidation sites excluding steroid dienone is 1. The average Bonchev–Trinajstić information content (AvgIpc) is 3.14. The number of hydrogen-bond donors (Lipinski definition) is 0. The molecule has 1 saturated heterocycles. The van der Waals surface area contributed by atoms with Gasteiger partial charge in [0.25, 0.3) is 11.5 Å². The normalized spacial score (nSPS) is 25.2. The molecule has 2 aromatic rings. The van der Waals surface area contributed by atoms with Gasteiger partial charge >= 0.3 is 5.69 Å². The molecule has 7 nitrogen and oxygen atoms in total. The van der Waals surface area contributed by atoms with E-state index in [-0.39, 0.29) is 11.7 Å². The summed E-state index contributed by atoms with van der Waals surface area (Å²) in [6.45, 7) is 7.40. The Kier molecular flexibility index (Phi) is 4.28. The first kappa shape index (κ1) is 18.3. The summed E-state index contributed by atoms with van der Waals surface area (Å²) in [5.74, 6) is -1.47. The van der Waals surface area contributed by atoms with Crippen molar-refractivity contribution >= 4 is 5.91 Å². The molecule has 0 N–H and O–H groups in total. The molecule has 2 heterocycles. The molecular formula is C21H20N2O5. The third-order valence-electron chi connectivity index (χ3n) is 4.94. The van der Waals surface area contributed by atoms with Gasteiger partial charge in [-0.3, -0.25) is 14.2 Å². The smallest absolute Gasteiger partial charge is 0.338 e. The van der Waals surface area contributed by atoms with E-state index in [9.17, 15) is 14.4 Å². The number of ether oxygens (including phenoxy) is 2. The maximum atomic E-state index is 13.2. The molecule has 0 unspecified atom stereocenters. The third-order valence-corrected chi connectivity index (χ3v) is 4.94. The Hall–Kier alpha value is -3.03. The van der Waals surface area contributed by atoms with Gasteiger partial charge in [-0.05, 0) is 37.6 Å². The number of rotatable bonds is 3. The van der Waals surface area contributed by atoms with Crippen molar-refractivity contribution < 1.29 is 14.3 Å². The van der Waals surface area contributed by atoms with Gasteiger partial charge < -0.3 is 9.47 Å². The molecule has 2 aliphatic rings. The Morgan fingerprint density at radius 1 is 1.14 bits per heavy atom. The maximum Gasteiger partial charge on any atom is 0.338 e. The first-order valence-corrected chi connectivity index (χ1v) is 8.96. The molecule has 1 aromatic carbocycles. The molecule has 0 spiro atoms. The summed E-state index contributed by atoms with van der Waals surface area (Å²) in [5.41, 5.74) is -0.416. The minimum absolute atomic E-state index is 0.254. The van der Waals surface area contributed by atoms with E-state index in [1.54, 1.807) is 50.3 Å². The lowest BCUT2D eigenvalue weighted by Crippen LogP contribution is -2.46. The van der Waals surface area contributed by atoms with Crippen LogP contribution in [0.4, 0.5) is 0 Å². The quantitative estimate of drug-likeness (QED) is 0.812. The van der Waals surface area contributed by atoms with Gasteiger partial charge in [-0.1, -0.05) is 30.9 Å². The number of benzene rings is 1. The summed E-state index contributed by atoms with van der Waals surface area (Å²) in [6, 6.07) is 8.87. The zero-order valence-corrected chi connectivity index (χ0v) is 15.6. The van der Waals surface area contributed by atoms with Crippen molar-refractivity contribution in [2.45, 2.75) is 37.9 Å². The largest absolute Gasteiger partial charge is 0.342 e. The van der Waals surface area contributed by atoms with Gasteiger partial charge in [0.15, 0.2) is 5.79 Å². The number of fused-ring (bicyclic) bond motifs is 1. The number of carbonyl (C=O) groups excluding carboxylic acids is 1. The van der Waals surface area contributed by atoms with Gasteiger partial charge in [-0.25, -0.2) is 4.79 Å². The van der Waals surface area contributed by atoms with Crippen LogP contribution in [-0.2, 0) is 9.47 Å². The monoisotopic (exact) mass is 380 g/mol. The number of hydrogen-bond acceptors (Lipinski definition) is 5. The zero-order valence-electron chi connectivity index (χ0n) is 15.6. The van der Waals surface area contributed by atoms with Crippen LogP contribution in [0.25, 0.3) is 0 Å². The molecule has 0 saturated carbocycles. The molecule has 0 radical (unpaired) electrons. The summed E-state index contributed by atoms with van der Waals surface area (Å²) in [4.78, 5) is 38.3. The fourth-order valence-electron chi connectivity index (χ4n) is 3.78. The summed E-state index contributed by atoms with van der Waals surface area (Å²) in [6.07, 6.45) is 4.07. The van der Waals surface area contributed by atoms with Gasteiger partial charge in [0, 0.05) is 17.8 Å². The molecule has 7 heteroatoms. The van der Waals surface area contributed by atoms with E-state index >= 15 is 0 Å². The maximum absolute atomic E-state index is 13.2. The Bertz CT molecular complexity index is 1090. The molecular weight excluding hydrogens is 360 g/mol. The number of carbonyl (C=O) groups is 1. The van der Waals surface area contributed by atoms with Crippen LogP contribution in [0, 0.1) is 0 Å². The first-order chi connectivity index (χ1) is 13.3. The van der Waals surface area contributed by atoms with Gasteiger partial charge in [0.2, 0.25) is 0 Å². The van der Waals surface area contributed by atoms with Crippen LogP contribution in [0.1, 0.15) is 30.2 Å². The van der Waals surface area contributed by atoms with Gasteiger partial charge in [0.1, 0.15) is 12.2 Å². The summed E-state index contributed by atoms with van der Waals surface area (Å²) < 4.78 is 13.8. The van der Waals surface area contributed by atoms with Crippen molar-refractivity contribution in [3.8, 4) is 0 Å². The molecule has 0 bridgehead atoms. The van der Waals surface area contributed by atoms with Crippen molar-refractivity contribution in [1.29, 1.82) is 0 Å². The molecule has 3 atom stereocenters. The molecule has 1 aliphatic carbocycles. The zero-order chi connectivity index (χ0) is 20.1. The van der Waals surface area contributed by atoms with Crippen molar-refractivity contribution in [3.63, 3.8) is 0 Å². The fraction of sp³-hybridized carbons (Fsp3) is 0.286. The van der Waals surface area contributed by atoms with E-state index in [1.165, 1.54) is 16.8 Å². The highest BCUT2D eigenvalue weighted by molar-refractivity contribution is 5.95. The Balaban J connectivity index is 1.83. The van der Waals surface area contributed by atoms with Crippen LogP contribution in [0.15, 0.2) is 76.5 Å². The lowest BCUT2D eigenvalue weighted by Gasteiger charge is -2.25. The van der Waals surface area contributed by atoms with E-state index in [0.717, 1.165) is 5.57 Å². The Morgan fingerprint density at radius 3 is 2.54 bits per heavy atom. The SMILES string of the molecule is C=CC1=C[C@H]2OC(C)(C)O[C@H]2[C@@H]1n1ccc(=O)n(C(=O)c2ccccc2)c1=O. The fourth-order valence-corrected chi connectivity index (χ4v) is 3.78. The summed E-state index contributed by atoms with van der Waals surface area (Å²) in [5, 5.41) is 0. The van der Waals surface area contributed by atoms with Gasteiger partial charge in [-0.15, -0.1) is 0 Å². The van der Waals surface area contributed by atoms with E-state index in [0.29, 0.717) is 4.57 Å². The second kappa shape index (κ2) is 6.54. The van der Waals surface area contributed by atoms with Crippen molar-refractivity contribution in [2.24, 2.45) is 0 Å². The minimum atomic E-state index is -0.797. The Morgan fingerprint density at radius 2 is 1.86 bits per heavy atom. The highest BCUT2D eigenvalue weighted by atomic mass is 16.8. The molecule has 1 fully saturated rings. The van der Waals surface area contributed by atoms with E-state index in [2.05, 4.69) is 6.58 Å². The van der Waals surface area contributed by atoms with Crippen LogP contribution in [0.2, 0.25) is 0 Å². The van der Waals surface area contributed by atoms with Crippen molar-refractivity contribution in [2.75, 3.05) is 0 Å². The van der Waals surface area contributed by atoms with Crippen LogP contribution in [0.5, 0.6) is 0 Å². The van der Waals surface area contributed by atoms with Crippen molar-refractivity contribution in [3.05, 3.63) is 93.3 Å². The van der Waals surface area contributed by atoms with Crippen LogP contribution >= 0.6 is 0 Å². The van der Waals surface area contributed by atoms with E-state index in [4.69, 9.17) is 9.47 Å². The lowest BCUT2D eigenvalue weighted by molar-refractivity contribution is -0.147. The Labute approximate surface area is 161 Å². The topological polar surface area (TPSA) is 79.5 Å². The average molecular weight is 380 g/mol. The molecule has 0 amide bonds. The molecule has 1 aliphatic heterocycles. The minimum Gasteiger partial charge on any atom is -0.342 e. The highest BCUT2D eigenvalue weighted by Crippen LogP contribution is 2.43. The van der Waals surface area contributed by atoms with E-state index in [1.807, 2.05) is 6.08 Å². The number of nitrogens with zero attached hydrogens (tertiary/aromatic N) is 2. The molecule has 28 heavy (non-hydrogen) atoms. The lowest BCUT2D eigenvalue weighted by atomic mass is 10.1. The standard InChI is InChI=1S/C21H20N2O5/c1-4-13-12-15-18(28-21(2,3)27-15)17(13)22-11-10-16(24)23(20(22)26)19(25)14-8-6-5-7-9-14/h4-12,15,17-18H,1H2,2-3H3/t15-,17-,18-/m1/s1. The highest BCUT2D eigenvalue weighted by Gasteiger charge is 2.49. The van der Waals surface area contributed by atoms with E-state index < -0.39 is 35.1 Å². The predicted octanol–water partition coefficient (Wildman–Crippen LogP) is 1.89. The van der Waals surface area contributed by atoms with Crippen LogP contribution in [0.3, 0.4) is 0 Å². The molecule has 4 rings (SSSR count). The number of aromatic nitrogens is 2. The van der Waals surface area contributed by atoms with Gasteiger partial charge in [0.05, 0.1) is 6.04 Å². The third kappa shape index (κ3) is 2.89. The summed E-state index contributed by atoms with van der Waals surface area (Å²) in [7, 11) is 0. The molecule has 1 aromatic heterocycles. The van der Waals surface area contributed by atoms with Gasteiger partial charge in [-0.2, -0.15) is 4.57 Å². The second-order valence-electron chi connectivity index (χ2n) is 7.23. The summed E-state index contributed by atoms with van der Waals surface area (Å²) >= 11 is 0.